The van der Waals surface area contributed by atoms with Crippen LogP contribution in [0.15, 0.2) is 0 Å². The van der Waals surface area contributed by atoms with Crippen molar-refractivity contribution < 1.29 is 19.1 Å². The molecular weight excluding hydrogens is 624 g/mol. The van der Waals surface area contributed by atoms with Crippen LogP contribution in [0.2, 0.25) is 0 Å². The molecule has 2 saturated carbocycles. The molecule has 4 aliphatic rings. The van der Waals surface area contributed by atoms with E-state index in [-0.39, 0.29) is 46.3 Å². The molecule has 2 aliphatic carbocycles. The van der Waals surface area contributed by atoms with Gasteiger partial charge < -0.3 is 20.1 Å². The van der Waals surface area contributed by atoms with E-state index in [1.165, 1.54) is 51.4 Å². The molecule has 290 valence electrons. The van der Waals surface area contributed by atoms with Crippen LogP contribution in [-0.2, 0) is 19.1 Å². The van der Waals surface area contributed by atoms with Crippen LogP contribution in [0.1, 0.15) is 184 Å². The third kappa shape index (κ3) is 14.7. The molecule has 2 N–H and O–H groups in total. The molecule has 8 heteroatoms. The van der Waals surface area contributed by atoms with Gasteiger partial charge in [0, 0.05) is 47.3 Å². The summed E-state index contributed by atoms with van der Waals surface area (Å²) in [5, 5.41) is 7.70. The minimum Gasteiger partial charge on any atom is -0.462 e. The molecule has 0 aromatic carbocycles. The van der Waals surface area contributed by atoms with Crippen molar-refractivity contribution in [1.29, 1.82) is 0 Å². The number of esters is 2. The first-order valence-electron chi connectivity index (χ1n) is 21.0. The van der Waals surface area contributed by atoms with E-state index in [9.17, 15) is 9.59 Å². The molecule has 0 bridgehead atoms. The van der Waals surface area contributed by atoms with Gasteiger partial charge in [0.05, 0.1) is 12.8 Å². The normalized spacial score (nSPS) is 24.8. The SMILES string of the molecule is CC1(C)CC(N(CCCCCCN(CCC(=O)OC2CCCCC2)C2CC(C)(C)NC(C)(C)C2)CCC(=O)OC2CCCCC2)CC(C)(C)N1. The number of hydrogen-bond acceptors (Lipinski definition) is 8. The third-order valence-electron chi connectivity index (χ3n) is 11.9. The first-order chi connectivity index (χ1) is 23.5. The van der Waals surface area contributed by atoms with Crippen molar-refractivity contribution in [3.8, 4) is 0 Å². The standard InChI is InChI=1S/C42H78N4O4/c1-39(2)29-33(30-40(3,4)43-39)45(27-23-37(47)49-35-19-13-11-14-20-35)25-17-9-10-18-26-46(34-31-41(5,6)44-42(7,8)32-34)28-24-38(48)50-36-21-15-12-16-22-36/h33-36,43-44H,9-32H2,1-8H3. The van der Waals surface area contributed by atoms with E-state index in [0.717, 1.165) is 90.4 Å². The number of nitrogens with zero attached hydrogens (tertiary/aromatic N) is 2. The summed E-state index contributed by atoms with van der Waals surface area (Å²) in [6, 6.07) is 0.915. The lowest BCUT2D eigenvalue weighted by atomic mass is 9.79. The molecule has 0 amide bonds. The number of ether oxygens (including phenoxy) is 2. The highest BCUT2D eigenvalue weighted by Gasteiger charge is 2.41. The van der Waals surface area contributed by atoms with Crippen molar-refractivity contribution in [3.05, 3.63) is 0 Å². The maximum Gasteiger partial charge on any atom is 0.307 e. The Morgan fingerprint density at radius 1 is 0.500 bits per heavy atom. The molecule has 0 aromatic rings. The number of carbonyl (C=O) groups is 2. The lowest BCUT2D eigenvalue weighted by Crippen LogP contribution is -2.62. The van der Waals surface area contributed by atoms with Gasteiger partial charge in [-0.25, -0.2) is 0 Å². The largest absolute Gasteiger partial charge is 0.462 e. The molecule has 0 aromatic heterocycles. The first kappa shape index (κ1) is 41.5. The Labute approximate surface area is 307 Å². The number of piperidine rings is 2. The van der Waals surface area contributed by atoms with Gasteiger partial charge in [-0.3, -0.25) is 19.4 Å². The summed E-state index contributed by atoms with van der Waals surface area (Å²) in [5.74, 6) is -0.0253. The quantitative estimate of drug-likeness (QED) is 0.116. The zero-order valence-electron chi connectivity index (χ0n) is 33.8. The molecule has 4 rings (SSSR count). The van der Waals surface area contributed by atoms with E-state index in [2.05, 4.69) is 75.8 Å². The second-order valence-corrected chi connectivity index (χ2v) is 19.4. The van der Waals surface area contributed by atoms with Crippen LogP contribution < -0.4 is 10.6 Å². The Kier molecular flexibility index (Phi) is 15.5. The lowest BCUT2D eigenvalue weighted by Gasteiger charge is -2.50. The summed E-state index contributed by atoms with van der Waals surface area (Å²) in [4.78, 5) is 31.1. The van der Waals surface area contributed by atoms with Gasteiger partial charge in [-0.2, -0.15) is 0 Å². The zero-order valence-corrected chi connectivity index (χ0v) is 33.8. The van der Waals surface area contributed by atoms with Crippen LogP contribution in [0.5, 0.6) is 0 Å². The van der Waals surface area contributed by atoms with Crippen molar-refractivity contribution in [2.24, 2.45) is 0 Å². The molecule has 0 atom stereocenters. The highest BCUT2D eigenvalue weighted by atomic mass is 16.5. The topological polar surface area (TPSA) is 83.1 Å². The van der Waals surface area contributed by atoms with Gasteiger partial charge in [-0.15, -0.1) is 0 Å². The second-order valence-electron chi connectivity index (χ2n) is 19.4. The Balaban J connectivity index is 1.29. The van der Waals surface area contributed by atoms with Crippen molar-refractivity contribution >= 4 is 11.9 Å². The van der Waals surface area contributed by atoms with Crippen molar-refractivity contribution in [3.63, 3.8) is 0 Å². The first-order valence-corrected chi connectivity index (χ1v) is 21.0. The molecule has 4 fully saturated rings. The van der Waals surface area contributed by atoms with E-state index >= 15 is 0 Å². The van der Waals surface area contributed by atoms with Crippen LogP contribution in [0.4, 0.5) is 0 Å². The molecule has 0 spiro atoms. The second kappa shape index (κ2) is 18.7. The third-order valence-corrected chi connectivity index (χ3v) is 11.9. The van der Waals surface area contributed by atoms with Crippen LogP contribution in [-0.4, -0.2) is 94.4 Å². The average molecular weight is 703 g/mol. The number of nitrogens with one attached hydrogen (secondary N) is 2. The fourth-order valence-corrected chi connectivity index (χ4v) is 10.3. The molecule has 0 unspecified atom stereocenters. The van der Waals surface area contributed by atoms with Crippen molar-refractivity contribution in [1.82, 2.24) is 20.4 Å². The minimum absolute atomic E-state index is 0.0127. The van der Waals surface area contributed by atoms with Gasteiger partial charge in [0.25, 0.3) is 0 Å². The van der Waals surface area contributed by atoms with E-state index in [4.69, 9.17) is 9.47 Å². The fourth-order valence-electron chi connectivity index (χ4n) is 10.3. The van der Waals surface area contributed by atoms with Crippen LogP contribution >= 0.6 is 0 Å². The molecule has 0 radical (unpaired) electrons. The van der Waals surface area contributed by atoms with Gasteiger partial charge in [0.2, 0.25) is 0 Å². The average Bonchev–Trinajstić information content (AvgIpc) is 2.99. The summed E-state index contributed by atoms with van der Waals surface area (Å²) in [6.45, 7) is 22.2. The highest BCUT2D eigenvalue weighted by Crippen LogP contribution is 2.34. The van der Waals surface area contributed by atoms with E-state index in [0.29, 0.717) is 24.9 Å². The van der Waals surface area contributed by atoms with Crippen molar-refractivity contribution in [2.45, 2.75) is 230 Å². The molecule has 8 nitrogen and oxygen atoms in total. The van der Waals surface area contributed by atoms with Crippen LogP contribution in [0, 0.1) is 0 Å². The monoisotopic (exact) mass is 703 g/mol. The summed E-state index contributed by atoms with van der Waals surface area (Å²) < 4.78 is 11.8. The summed E-state index contributed by atoms with van der Waals surface area (Å²) in [5.41, 5.74) is 0.267. The molecule has 50 heavy (non-hydrogen) atoms. The van der Waals surface area contributed by atoms with Crippen molar-refractivity contribution in [2.75, 3.05) is 26.2 Å². The molecule has 2 heterocycles. The predicted molar refractivity (Wildman–Crippen MR) is 205 cm³/mol. The van der Waals surface area contributed by atoms with Gasteiger partial charge in [0.15, 0.2) is 0 Å². The van der Waals surface area contributed by atoms with E-state index in [1.54, 1.807) is 0 Å². The van der Waals surface area contributed by atoms with E-state index in [1.807, 2.05) is 0 Å². The smallest absolute Gasteiger partial charge is 0.307 e. The van der Waals surface area contributed by atoms with Gasteiger partial charge in [-0.05, 0) is 158 Å². The zero-order chi connectivity index (χ0) is 36.4. The fraction of sp³-hybridized carbons (Fsp3) is 0.952. The summed E-state index contributed by atoms with van der Waals surface area (Å²) >= 11 is 0. The molecule has 2 aliphatic heterocycles. The van der Waals surface area contributed by atoms with Crippen LogP contribution in [0.25, 0.3) is 0 Å². The number of unbranched alkanes of at least 4 members (excludes halogenated alkanes) is 3. The Hall–Kier alpha value is -1.22. The Morgan fingerprint density at radius 2 is 0.820 bits per heavy atom. The van der Waals surface area contributed by atoms with Gasteiger partial charge in [-0.1, -0.05) is 25.7 Å². The number of carbonyl (C=O) groups excluding carboxylic acids is 2. The highest BCUT2D eigenvalue weighted by molar-refractivity contribution is 5.70. The predicted octanol–water partition coefficient (Wildman–Crippen LogP) is 8.30. The lowest BCUT2D eigenvalue weighted by molar-refractivity contribution is -0.152. The maximum atomic E-state index is 12.9. The van der Waals surface area contributed by atoms with Gasteiger partial charge in [0.1, 0.15) is 12.2 Å². The van der Waals surface area contributed by atoms with Gasteiger partial charge >= 0.3 is 11.9 Å². The molecule has 2 saturated heterocycles. The Morgan fingerprint density at radius 3 is 1.14 bits per heavy atom. The molecular formula is C42H78N4O4. The number of rotatable bonds is 17. The van der Waals surface area contributed by atoms with Crippen LogP contribution in [0.3, 0.4) is 0 Å². The minimum atomic E-state index is -0.0127. The number of hydrogen-bond donors (Lipinski definition) is 2. The summed E-state index contributed by atoms with van der Waals surface area (Å²) in [6.07, 6.45) is 21.6. The van der Waals surface area contributed by atoms with E-state index < -0.39 is 0 Å². The summed E-state index contributed by atoms with van der Waals surface area (Å²) in [7, 11) is 0. The maximum absolute atomic E-state index is 12.9. The Bertz CT molecular complexity index is 932.